The minimum Gasteiger partial charge on any atom is -0.391 e. The Bertz CT molecular complexity index is 846. The van der Waals surface area contributed by atoms with Crippen molar-refractivity contribution in [2.24, 2.45) is 11.8 Å². The number of nitrogens with zero attached hydrogens (tertiary/aromatic N) is 5. The highest BCUT2D eigenvalue weighted by molar-refractivity contribution is 5.92. The molecule has 4 rings (SSSR count). The summed E-state index contributed by atoms with van der Waals surface area (Å²) in [6.45, 7) is 0.193. The minimum absolute atomic E-state index is 0.0714. The summed E-state index contributed by atoms with van der Waals surface area (Å²) in [7, 11) is 0. The zero-order chi connectivity index (χ0) is 19.8. The normalized spacial score (nSPS) is 27.1. The Morgan fingerprint density at radius 3 is 2.57 bits per heavy atom. The number of aromatic nitrogens is 4. The molecule has 0 radical (unpaired) electrons. The molecule has 2 aliphatic rings. The number of nitrogens with one attached hydrogen (secondary N) is 1. The van der Waals surface area contributed by atoms with E-state index in [0.717, 1.165) is 13.1 Å². The van der Waals surface area contributed by atoms with Gasteiger partial charge in [-0.05, 0) is 43.7 Å². The van der Waals surface area contributed by atoms with E-state index in [9.17, 15) is 18.7 Å². The van der Waals surface area contributed by atoms with Crippen LogP contribution in [0.15, 0.2) is 24.5 Å². The van der Waals surface area contributed by atoms with E-state index in [2.05, 4.69) is 25.3 Å². The van der Waals surface area contributed by atoms with Crippen molar-refractivity contribution in [2.45, 2.75) is 38.5 Å². The number of carbonyl (C=O) groups is 1. The Kier molecular flexibility index (Phi) is 4.96. The molecule has 2 N–H and O–H groups in total. The summed E-state index contributed by atoms with van der Waals surface area (Å²) in [5, 5.41) is 16.9. The lowest BCUT2D eigenvalue weighted by Crippen LogP contribution is -2.49. The summed E-state index contributed by atoms with van der Waals surface area (Å²) in [4.78, 5) is 23.1. The number of carbonyl (C=O) groups excluding carboxylic acids is 1. The predicted octanol–water partition coefficient (Wildman–Crippen LogP) is 1.38. The molecule has 1 aliphatic heterocycles. The summed E-state index contributed by atoms with van der Waals surface area (Å²) in [6.07, 6.45) is 3.87. The third-order valence-corrected chi connectivity index (χ3v) is 5.63. The van der Waals surface area contributed by atoms with Gasteiger partial charge in [0.2, 0.25) is 5.95 Å². The van der Waals surface area contributed by atoms with E-state index >= 15 is 0 Å². The van der Waals surface area contributed by atoms with E-state index in [1.165, 1.54) is 13.0 Å². The van der Waals surface area contributed by atoms with Crippen molar-refractivity contribution in [1.82, 2.24) is 25.1 Å². The van der Waals surface area contributed by atoms with Crippen LogP contribution in [0.1, 0.15) is 35.6 Å². The van der Waals surface area contributed by atoms with Crippen LogP contribution >= 0.6 is 0 Å². The maximum Gasteiger partial charge on any atom is 0.333 e. The number of aliphatic hydroxyl groups excluding tert-OH is 1. The van der Waals surface area contributed by atoms with Gasteiger partial charge >= 0.3 is 6.55 Å². The Morgan fingerprint density at radius 1 is 1.25 bits per heavy atom. The van der Waals surface area contributed by atoms with E-state index in [0.29, 0.717) is 29.4 Å². The second kappa shape index (κ2) is 7.42. The molecule has 8 nitrogen and oxygen atoms in total. The maximum atomic E-state index is 12.9. The van der Waals surface area contributed by atoms with Crippen molar-refractivity contribution < 1.29 is 18.7 Å². The van der Waals surface area contributed by atoms with Crippen LogP contribution in [0.5, 0.6) is 0 Å². The molecule has 10 heteroatoms. The second-order valence-electron chi connectivity index (χ2n) is 7.49. The van der Waals surface area contributed by atoms with Gasteiger partial charge in [-0.1, -0.05) is 0 Å². The smallest absolute Gasteiger partial charge is 0.333 e. The predicted molar refractivity (Wildman–Crippen MR) is 95.9 cm³/mol. The van der Waals surface area contributed by atoms with E-state index in [1.807, 2.05) is 0 Å². The van der Waals surface area contributed by atoms with Crippen molar-refractivity contribution in [3.05, 3.63) is 35.9 Å². The molecule has 4 atom stereocenters. The molecule has 1 saturated heterocycles. The topological polar surface area (TPSA) is 96.2 Å². The number of hydrogen-bond acceptors (Lipinski definition) is 6. The summed E-state index contributed by atoms with van der Waals surface area (Å²) >= 11 is 0. The maximum absolute atomic E-state index is 12.9. The highest BCUT2D eigenvalue weighted by Gasteiger charge is 2.43. The van der Waals surface area contributed by atoms with E-state index < -0.39 is 24.6 Å². The number of fused-ring (bicyclic) bond motifs is 1. The number of anilines is 1. The molecule has 0 bridgehead atoms. The number of halogens is 2. The molecule has 1 saturated carbocycles. The highest BCUT2D eigenvalue weighted by atomic mass is 19.3. The lowest BCUT2D eigenvalue weighted by molar-refractivity contribution is 0.0449. The van der Waals surface area contributed by atoms with Gasteiger partial charge in [-0.15, -0.1) is 0 Å². The lowest BCUT2D eigenvalue weighted by Gasteiger charge is -2.35. The summed E-state index contributed by atoms with van der Waals surface area (Å²) < 4.78 is 26.2. The van der Waals surface area contributed by atoms with Crippen LogP contribution in [0, 0.1) is 18.8 Å². The fourth-order valence-corrected chi connectivity index (χ4v) is 4.24. The third kappa shape index (κ3) is 3.56. The first-order valence-corrected chi connectivity index (χ1v) is 9.27. The second-order valence-corrected chi connectivity index (χ2v) is 7.49. The van der Waals surface area contributed by atoms with Gasteiger partial charge in [0.05, 0.1) is 12.1 Å². The quantitative estimate of drug-likeness (QED) is 0.816. The van der Waals surface area contributed by atoms with Gasteiger partial charge in [-0.25, -0.2) is 14.6 Å². The van der Waals surface area contributed by atoms with Crippen molar-refractivity contribution in [3.8, 4) is 0 Å². The van der Waals surface area contributed by atoms with Crippen LogP contribution in [0.2, 0.25) is 0 Å². The number of hydrogen-bond donors (Lipinski definition) is 2. The van der Waals surface area contributed by atoms with Crippen molar-refractivity contribution >= 4 is 11.9 Å². The van der Waals surface area contributed by atoms with Crippen LogP contribution < -0.4 is 10.2 Å². The van der Waals surface area contributed by atoms with Gasteiger partial charge in [0, 0.05) is 31.2 Å². The highest BCUT2D eigenvalue weighted by Crippen LogP contribution is 2.37. The molecule has 1 amide bonds. The zero-order valence-corrected chi connectivity index (χ0v) is 15.4. The van der Waals surface area contributed by atoms with E-state index in [-0.39, 0.29) is 17.3 Å². The molecule has 0 unspecified atom stereocenters. The van der Waals surface area contributed by atoms with Gasteiger partial charge in [0.15, 0.2) is 5.69 Å². The number of alkyl halides is 2. The van der Waals surface area contributed by atoms with Crippen molar-refractivity contribution in [3.63, 3.8) is 0 Å². The first-order chi connectivity index (χ1) is 13.4. The fraction of sp³-hybridized carbons (Fsp3) is 0.556. The van der Waals surface area contributed by atoms with Gasteiger partial charge in [-0.3, -0.25) is 4.79 Å². The first kappa shape index (κ1) is 18.7. The average molecular weight is 392 g/mol. The van der Waals surface area contributed by atoms with Crippen LogP contribution in [-0.2, 0) is 0 Å². The van der Waals surface area contributed by atoms with Gasteiger partial charge in [0.25, 0.3) is 5.91 Å². The molecule has 3 heterocycles. The number of aryl methyl sites for hydroxylation is 1. The third-order valence-electron chi connectivity index (χ3n) is 5.63. The molecule has 2 aromatic heterocycles. The molecule has 2 fully saturated rings. The Hall–Kier alpha value is -2.62. The van der Waals surface area contributed by atoms with E-state index in [1.54, 1.807) is 18.5 Å². The van der Waals surface area contributed by atoms with Crippen molar-refractivity contribution in [2.75, 3.05) is 18.0 Å². The number of aliphatic hydroxyl groups is 1. The number of rotatable bonds is 4. The molecular weight excluding hydrogens is 370 g/mol. The lowest BCUT2D eigenvalue weighted by atomic mass is 9.77. The minimum atomic E-state index is -2.80. The molecule has 150 valence electrons. The van der Waals surface area contributed by atoms with Gasteiger partial charge < -0.3 is 15.3 Å². The number of amides is 1. The first-order valence-electron chi connectivity index (χ1n) is 9.27. The molecule has 2 aromatic rings. The largest absolute Gasteiger partial charge is 0.391 e. The van der Waals surface area contributed by atoms with E-state index in [4.69, 9.17) is 0 Å². The van der Waals surface area contributed by atoms with Crippen molar-refractivity contribution in [1.29, 1.82) is 0 Å². The zero-order valence-electron chi connectivity index (χ0n) is 15.4. The molecule has 28 heavy (non-hydrogen) atoms. The van der Waals surface area contributed by atoms with Crippen LogP contribution in [0.4, 0.5) is 14.7 Å². The monoisotopic (exact) mass is 392 g/mol. The fourth-order valence-electron chi connectivity index (χ4n) is 4.24. The summed E-state index contributed by atoms with van der Waals surface area (Å²) in [6, 6.07) is 2.64. The Balaban J connectivity index is 1.41. The standard InChI is InChI=1S/C18H22F2N6O2/c1-10-5-14(24-26(10)17(19)20)16(28)23-13-6-11-8-25(9-12(11)7-15(13)27)18-21-3-2-4-22-18/h2-5,11-13,15,17,27H,6-9H2,1H3,(H,23,28)/t11-,12+,13-,15-/m0/s1. The summed E-state index contributed by atoms with van der Waals surface area (Å²) in [5.74, 6) is 0.705. The Labute approximate surface area is 160 Å². The SMILES string of the molecule is Cc1cc(C(=O)N[C@H]2C[C@H]3CN(c4ncccn4)C[C@H]3C[C@@H]2O)nn1C(F)F. The molecule has 0 spiro atoms. The van der Waals surface area contributed by atoms with Crippen LogP contribution in [0.3, 0.4) is 0 Å². The Morgan fingerprint density at radius 2 is 1.93 bits per heavy atom. The molecule has 1 aliphatic carbocycles. The molecular formula is C18H22F2N6O2. The van der Waals surface area contributed by atoms with Gasteiger partial charge in [-0.2, -0.15) is 13.9 Å². The van der Waals surface area contributed by atoms with Crippen LogP contribution in [0.25, 0.3) is 0 Å². The average Bonchev–Trinajstić information content (AvgIpc) is 3.26. The molecule has 0 aromatic carbocycles. The van der Waals surface area contributed by atoms with Crippen LogP contribution in [-0.4, -0.2) is 56.0 Å². The van der Waals surface area contributed by atoms with Gasteiger partial charge in [0.1, 0.15) is 0 Å². The summed E-state index contributed by atoms with van der Waals surface area (Å²) in [5.41, 5.74) is 0.136.